The number of para-hydroxylation sites is 1. The van der Waals surface area contributed by atoms with Crippen molar-refractivity contribution in [1.82, 2.24) is 9.55 Å². The van der Waals surface area contributed by atoms with Gasteiger partial charge in [0.15, 0.2) is 0 Å². The predicted molar refractivity (Wildman–Crippen MR) is 124 cm³/mol. The van der Waals surface area contributed by atoms with Gasteiger partial charge in [-0.25, -0.2) is 4.98 Å². The lowest BCUT2D eigenvalue weighted by Crippen LogP contribution is -2.08. The van der Waals surface area contributed by atoms with Crippen molar-refractivity contribution in [2.75, 3.05) is 13.2 Å². The van der Waals surface area contributed by atoms with E-state index in [1.165, 1.54) is 18.3 Å². The third kappa shape index (κ3) is 7.09. The van der Waals surface area contributed by atoms with Crippen LogP contribution in [0.25, 0.3) is 11.4 Å². The minimum absolute atomic E-state index is 0.198. The maximum Gasteiger partial charge on any atom is 0.416 e. The zero-order valence-corrected chi connectivity index (χ0v) is 19.3. The summed E-state index contributed by atoms with van der Waals surface area (Å²) in [6.07, 6.45) is -0.339. The highest BCUT2D eigenvalue weighted by molar-refractivity contribution is 5.69. The summed E-state index contributed by atoms with van der Waals surface area (Å²) in [5.74, 6) is 0.842. The molecule has 1 aromatic heterocycles. The standard InChI is InChI=1S/C26H26F3N3O3/c1-2-34-24(33)10-4-3-7-15-35-23-9-6-5-8-20(23)18-32-22(16-30)17-31-25(32)19-11-13-21(14-12-19)26(27,28)29/h5-6,8-9,11-14,17H,2-4,7,10,15,18H2,1H3. The molecule has 0 radical (unpaired) electrons. The quantitative estimate of drug-likeness (QED) is 0.246. The SMILES string of the molecule is CCOC(=O)CCCCCOc1ccccc1Cn1c(C#N)cnc1-c1ccc(C(F)(F)F)cc1. The van der Waals surface area contributed by atoms with Gasteiger partial charge in [0.1, 0.15) is 23.3 Å². The van der Waals surface area contributed by atoms with E-state index in [2.05, 4.69) is 11.1 Å². The highest BCUT2D eigenvalue weighted by Gasteiger charge is 2.30. The smallest absolute Gasteiger partial charge is 0.416 e. The zero-order valence-electron chi connectivity index (χ0n) is 19.3. The Labute approximate surface area is 201 Å². The van der Waals surface area contributed by atoms with Gasteiger partial charge in [-0.15, -0.1) is 0 Å². The average Bonchev–Trinajstić information content (AvgIpc) is 3.24. The van der Waals surface area contributed by atoms with Gasteiger partial charge in [-0.1, -0.05) is 30.3 Å². The Bertz CT molecular complexity index is 1170. The minimum atomic E-state index is -4.43. The number of imidazole rings is 1. The van der Waals surface area contributed by atoms with E-state index in [1.54, 1.807) is 11.5 Å². The molecule has 0 bridgehead atoms. The molecular weight excluding hydrogens is 459 g/mol. The zero-order chi connectivity index (χ0) is 25.3. The molecule has 0 saturated heterocycles. The Hall–Kier alpha value is -3.80. The second-order valence-corrected chi connectivity index (χ2v) is 7.81. The molecular formula is C26H26F3N3O3. The average molecular weight is 486 g/mol. The molecule has 0 atom stereocenters. The number of ether oxygens (including phenoxy) is 2. The van der Waals surface area contributed by atoms with Crippen LogP contribution in [-0.2, 0) is 22.3 Å². The number of esters is 1. The summed E-state index contributed by atoms with van der Waals surface area (Å²) in [7, 11) is 0. The molecule has 0 aliphatic carbocycles. The first kappa shape index (κ1) is 25.8. The molecule has 9 heteroatoms. The molecule has 3 aromatic rings. The Morgan fingerprint density at radius 1 is 1.09 bits per heavy atom. The second-order valence-electron chi connectivity index (χ2n) is 7.81. The van der Waals surface area contributed by atoms with Crippen LogP contribution in [0.3, 0.4) is 0 Å². The van der Waals surface area contributed by atoms with Crippen molar-refractivity contribution >= 4 is 5.97 Å². The van der Waals surface area contributed by atoms with Gasteiger partial charge in [0, 0.05) is 17.5 Å². The Morgan fingerprint density at radius 3 is 2.51 bits per heavy atom. The van der Waals surface area contributed by atoms with Gasteiger partial charge in [0.05, 0.1) is 31.5 Å². The van der Waals surface area contributed by atoms with Crippen LogP contribution in [0.2, 0.25) is 0 Å². The number of nitrogens with zero attached hydrogens (tertiary/aromatic N) is 3. The van der Waals surface area contributed by atoms with Gasteiger partial charge in [-0.2, -0.15) is 18.4 Å². The second kappa shape index (κ2) is 12.1. The Kier molecular flexibility index (Phi) is 8.90. The normalized spacial score (nSPS) is 11.2. The lowest BCUT2D eigenvalue weighted by atomic mass is 10.1. The van der Waals surface area contributed by atoms with Crippen LogP contribution in [0.15, 0.2) is 54.7 Å². The van der Waals surface area contributed by atoms with Crippen LogP contribution in [0.5, 0.6) is 5.75 Å². The third-order valence-corrected chi connectivity index (χ3v) is 5.33. The summed E-state index contributed by atoms with van der Waals surface area (Å²) < 4.78 is 51.3. The Balaban J connectivity index is 1.69. The molecule has 3 rings (SSSR count). The maximum absolute atomic E-state index is 12.9. The van der Waals surface area contributed by atoms with Crippen LogP contribution < -0.4 is 4.74 Å². The fourth-order valence-electron chi connectivity index (χ4n) is 3.57. The molecule has 0 unspecified atom stereocenters. The first-order chi connectivity index (χ1) is 16.8. The van der Waals surface area contributed by atoms with Crippen molar-refractivity contribution in [3.05, 3.63) is 71.5 Å². The third-order valence-electron chi connectivity index (χ3n) is 5.33. The molecule has 0 aliphatic heterocycles. The van der Waals surface area contributed by atoms with Gasteiger partial charge in [-0.05, 0) is 44.4 Å². The van der Waals surface area contributed by atoms with Gasteiger partial charge in [-0.3, -0.25) is 4.79 Å². The van der Waals surface area contributed by atoms with E-state index in [0.717, 1.165) is 37.0 Å². The molecule has 35 heavy (non-hydrogen) atoms. The van der Waals surface area contributed by atoms with E-state index in [0.29, 0.717) is 36.8 Å². The van der Waals surface area contributed by atoms with Crippen LogP contribution in [0.1, 0.15) is 49.4 Å². The summed E-state index contributed by atoms with van der Waals surface area (Å²) in [6.45, 7) is 2.88. The summed E-state index contributed by atoms with van der Waals surface area (Å²) in [4.78, 5) is 15.7. The molecule has 0 aliphatic rings. The fourth-order valence-corrected chi connectivity index (χ4v) is 3.57. The van der Waals surface area contributed by atoms with E-state index >= 15 is 0 Å². The molecule has 0 saturated carbocycles. The van der Waals surface area contributed by atoms with E-state index in [4.69, 9.17) is 9.47 Å². The van der Waals surface area contributed by atoms with E-state index in [9.17, 15) is 23.2 Å². The first-order valence-corrected chi connectivity index (χ1v) is 11.3. The number of rotatable bonds is 11. The van der Waals surface area contributed by atoms with Crippen LogP contribution in [0.4, 0.5) is 13.2 Å². The van der Waals surface area contributed by atoms with Crippen molar-refractivity contribution in [2.45, 2.75) is 45.3 Å². The first-order valence-electron chi connectivity index (χ1n) is 11.3. The number of hydrogen-bond acceptors (Lipinski definition) is 5. The van der Waals surface area contributed by atoms with Crippen molar-refractivity contribution in [3.63, 3.8) is 0 Å². The van der Waals surface area contributed by atoms with Crippen LogP contribution >= 0.6 is 0 Å². The topological polar surface area (TPSA) is 77.1 Å². The number of carbonyl (C=O) groups is 1. The van der Waals surface area contributed by atoms with Crippen molar-refractivity contribution in [2.24, 2.45) is 0 Å². The van der Waals surface area contributed by atoms with Gasteiger partial charge < -0.3 is 14.0 Å². The molecule has 1 heterocycles. The highest BCUT2D eigenvalue weighted by Crippen LogP contribution is 2.31. The Morgan fingerprint density at radius 2 is 1.83 bits per heavy atom. The lowest BCUT2D eigenvalue weighted by Gasteiger charge is -2.15. The van der Waals surface area contributed by atoms with Gasteiger partial charge >= 0.3 is 12.1 Å². The van der Waals surface area contributed by atoms with Gasteiger partial charge in [0.2, 0.25) is 0 Å². The summed E-state index contributed by atoms with van der Waals surface area (Å²) in [6, 6.07) is 14.2. The van der Waals surface area contributed by atoms with E-state index in [1.807, 2.05) is 24.3 Å². The predicted octanol–water partition coefficient (Wildman–Crippen LogP) is 5.99. The molecule has 0 spiro atoms. The summed E-state index contributed by atoms with van der Waals surface area (Å²) >= 11 is 0. The van der Waals surface area contributed by atoms with Gasteiger partial charge in [0.25, 0.3) is 0 Å². The van der Waals surface area contributed by atoms with Crippen molar-refractivity contribution < 1.29 is 27.4 Å². The largest absolute Gasteiger partial charge is 0.493 e. The molecule has 6 nitrogen and oxygen atoms in total. The number of hydrogen-bond donors (Lipinski definition) is 0. The number of aromatic nitrogens is 2. The van der Waals surface area contributed by atoms with Crippen LogP contribution in [0, 0.1) is 11.3 Å². The lowest BCUT2D eigenvalue weighted by molar-refractivity contribution is -0.143. The summed E-state index contributed by atoms with van der Waals surface area (Å²) in [5, 5.41) is 9.55. The van der Waals surface area contributed by atoms with Crippen molar-refractivity contribution in [1.29, 1.82) is 5.26 Å². The highest BCUT2D eigenvalue weighted by atomic mass is 19.4. The van der Waals surface area contributed by atoms with Crippen LogP contribution in [-0.4, -0.2) is 28.7 Å². The molecule has 0 fully saturated rings. The number of halogens is 3. The molecule has 0 N–H and O–H groups in total. The summed E-state index contributed by atoms with van der Waals surface area (Å²) in [5.41, 5.74) is 0.815. The maximum atomic E-state index is 12.9. The number of unbranched alkanes of at least 4 members (excludes halogenated alkanes) is 2. The fraction of sp³-hybridized carbons (Fsp3) is 0.346. The number of benzene rings is 2. The van der Waals surface area contributed by atoms with E-state index < -0.39 is 11.7 Å². The number of carbonyl (C=O) groups excluding carboxylic acids is 1. The monoisotopic (exact) mass is 485 g/mol. The molecule has 184 valence electrons. The minimum Gasteiger partial charge on any atom is -0.493 e. The molecule has 0 amide bonds. The van der Waals surface area contributed by atoms with E-state index in [-0.39, 0.29) is 18.2 Å². The number of alkyl halides is 3. The number of nitriles is 1. The molecule has 2 aromatic carbocycles. The van der Waals surface area contributed by atoms with Crippen molar-refractivity contribution in [3.8, 4) is 23.2 Å².